The van der Waals surface area contributed by atoms with Gasteiger partial charge in [-0.1, -0.05) is 19.9 Å². The predicted molar refractivity (Wildman–Crippen MR) is 78.2 cm³/mol. The monoisotopic (exact) mass is 280 g/mol. The number of hydrogen-bond donors (Lipinski definition) is 1. The molecule has 2 saturated carbocycles. The first-order valence-corrected chi connectivity index (χ1v) is 8.05. The largest absolute Gasteiger partial charge is 0.393 e. The van der Waals surface area contributed by atoms with E-state index in [0.29, 0.717) is 19.1 Å². The van der Waals surface area contributed by atoms with Crippen LogP contribution in [0.25, 0.3) is 0 Å². The van der Waals surface area contributed by atoms with Gasteiger partial charge in [0.1, 0.15) is 0 Å². The van der Waals surface area contributed by atoms with Crippen molar-refractivity contribution in [2.45, 2.75) is 64.3 Å². The summed E-state index contributed by atoms with van der Waals surface area (Å²) < 4.78 is 12.3. The third-order valence-electron chi connectivity index (χ3n) is 6.47. The van der Waals surface area contributed by atoms with Crippen molar-refractivity contribution in [2.24, 2.45) is 16.7 Å². The van der Waals surface area contributed by atoms with Crippen LogP contribution in [0.5, 0.6) is 0 Å². The Morgan fingerprint density at radius 3 is 2.55 bits per heavy atom. The summed E-state index contributed by atoms with van der Waals surface area (Å²) in [6.45, 7) is 9.89. The van der Waals surface area contributed by atoms with Crippen LogP contribution in [0.3, 0.4) is 0 Å². The number of hydrogen-bond acceptors (Lipinski definition) is 3. The van der Waals surface area contributed by atoms with E-state index in [-0.39, 0.29) is 16.9 Å². The smallest absolute Gasteiger partial charge is 0.174 e. The van der Waals surface area contributed by atoms with Gasteiger partial charge in [-0.05, 0) is 38.0 Å². The molecule has 1 N–H and O–H groups in total. The Morgan fingerprint density at radius 2 is 1.90 bits per heavy atom. The van der Waals surface area contributed by atoms with Crippen molar-refractivity contribution in [1.29, 1.82) is 0 Å². The van der Waals surface area contributed by atoms with Crippen LogP contribution in [-0.2, 0) is 9.47 Å². The topological polar surface area (TPSA) is 38.7 Å². The van der Waals surface area contributed by atoms with Gasteiger partial charge in [-0.2, -0.15) is 0 Å². The summed E-state index contributed by atoms with van der Waals surface area (Å²) in [6.07, 6.45) is 7.70. The van der Waals surface area contributed by atoms with Crippen LogP contribution in [0.1, 0.15) is 52.4 Å². The molecule has 0 unspecified atom stereocenters. The summed E-state index contributed by atoms with van der Waals surface area (Å²) in [6, 6.07) is 0. The predicted octanol–water partition coefficient (Wildman–Crippen LogP) is 3.27. The highest BCUT2D eigenvalue weighted by molar-refractivity contribution is 5.11. The molecule has 0 amide bonds. The molecule has 4 atom stereocenters. The maximum absolute atomic E-state index is 10.6. The van der Waals surface area contributed by atoms with E-state index in [1.54, 1.807) is 0 Å². The van der Waals surface area contributed by atoms with Gasteiger partial charge in [0, 0.05) is 17.3 Å². The number of fused-ring (bicyclic) bond motifs is 2. The zero-order valence-corrected chi connectivity index (χ0v) is 12.9. The van der Waals surface area contributed by atoms with E-state index in [1.165, 1.54) is 0 Å². The lowest BCUT2D eigenvalue weighted by molar-refractivity contribution is -0.301. The molecule has 3 nitrogen and oxygen atoms in total. The third kappa shape index (κ3) is 1.76. The zero-order valence-electron chi connectivity index (χ0n) is 12.9. The Kier molecular flexibility index (Phi) is 3.51. The molecule has 3 fully saturated rings. The highest BCUT2D eigenvalue weighted by atomic mass is 16.7. The first kappa shape index (κ1) is 14.6. The van der Waals surface area contributed by atoms with Crippen molar-refractivity contribution >= 4 is 0 Å². The number of allylic oxidation sites excluding steroid dienone is 1. The highest BCUT2D eigenvalue weighted by Crippen LogP contribution is 2.64. The van der Waals surface area contributed by atoms with Crippen LogP contribution < -0.4 is 0 Å². The van der Waals surface area contributed by atoms with Crippen molar-refractivity contribution < 1.29 is 14.6 Å². The van der Waals surface area contributed by atoms with Crippen LogP contribution in [0.15, 0.2) is 12.7 Å². The summed E-state index contributed by atoms with van der Waals surface area (Å²) in [5, 5.41) is 10.6. The van der Waals surface area contributed by atoms with E-state index in [0.717, 1.165) is 38.5 Å². The van der Waals surface area contributed by atoms with Gasteiger partial charge in [-0.3, -0.25) is 0 Å². The second kappa shape index (κ2) is 4.82. The highest BCUT2D eigenvalue weighted by Gasteiger charge is 2.64. The number of aliphatic hydroxyl groups excluding tert-OH is 1. The number of ether oxygens (including phenoxy) is 2. The van der Waals surface area contributed by atoms with Crippen LogP contribution in [0, 0.1) is 16.7 Å². The Labute approximate surface area is 122 Å². The molecule has 0 bridgehead atoms. The molecule has 1 saturated heterocycles. The van der Waals surface area contributed by atoms with Gasteiger partial charge in [0.05, 0.1) is 19.3 Å². The molecule has 1 aliphatic heterocycles. The quantitative estimate of drug-likeness (QED) is 0.789. The molecule has 2 aliphatic carbocycles. The molecule has 0 radical (unpaired) electrons. The molecule has 0 aromatic heterocycles. The maximum atomic E-state index is 10.6. The van der Waals surface area contributed by atoms with Gasteiger partial charge in [0.2, 0.25) is 0 Å². The minimum absolute atomic E-state index is 0.0126. The Bertz CT molecular complexity index is 388. The molecule has 3 heteroatoms. The second-order valence-electron chi connectivity index (χ2n) is 7.37. The SMILES string of the molecule is C=CC[C@]1(C)[C@H](O)CC[C@]2(C)[C@H]1CCCC21OCCO1. The fraction of sp³-hybridized carbons (Fsp3) is 0.882. The average Bonchev–Trinajstić information content (AvgIpc) is 2.88. The normalized spacial score (nSPS) is 47.1. The van der Waals surface area contributed by atoms with Gasteiger partial charge in [0.25, 0.3) is 0 Å². The first-order valence-electron chi connectivity index (χ1n) is 8.05. The first-order chi connectivity index (χ1) is 9.48. The number of aliphatic hydroxyl groups is 1. The van der Waals surface area contributed by atoms with Crippen molar-refractivity contribution in [3.05, 3.63) is 12.7 Å². The van der Waals surface area contributed by atoms with Crippen LogP contribution in [0.2, 0.25) is 0 Å². The summed E-state index contributed by atoms with van der Waals surface area (Å²) in [5.41, 5.74) is -0.0871. The van der Waals surface area contributed by atoms with Gasteiger partial charge < -0.3 is 14.6 Å². The molecule has 114 valence electrons. The fourth-order valence-electron chi connectivity index (χ4n) is 5.35. The Hall–Kier alpha value is -0.380. The lowest BCUT2D eigenvalue weighted by Gasteiger charge is -2.62. The van der Waals surface area contributed by atoms with Gasteiger partial charge in [0.15, 0.2) is 5.79 Å². The van der Waals surface area contributed by atoms with E-state index in [1.807, 2.05) is 6.08 Å². The second-order valence-corrected chi connectivity index (χ2v) is 7.37. The van der Waals surface area contributed by atoms with Crippen LogP contribution >= 0.6 is 0 Å². The van der Waals surface area contributed by atoms with E-state index in [9.17, 15) is 5.11 Å². The lowest BCUT2D eigenvalue weighted by atomic mass is 9.47. The van der Waals surface area contributed by atoms with Crippen molar-refractivity contribution in [1.82, 2.24) is 0 Å². The van der Waals surface area contributed by atoms with Crippen molar-refractivity contribution in [3.8, 4) is 0 Å². The summed E-state index contributed by atoms with van der Waals surface area (Å²) in [5.74, 6) is 0.0296. The summed E-state index contributed by atoms with van der Waals surface area (Å²) >= 11 is 0. The average molecular weight is 280 g/mol. The molecule has 1 heterocycles. The van der Waals surface area contributed by atoms with Crippen LogP contribution in [-0.4, -0.2) is 30.2 Å². The minimum Gasteiger partial charge on any atom is -0.393 e. The molecule has 0 aromatic carbocycles. The van der Waals surface area contributed by atoms with Crippen molar-refractivity contribution in [3.63, 3.8) is 0 Å². The number of rotatable bonds is 2. The van der Waals surface area contributed by atoms with E-state index in [4.69, 9.17) is 9.47 Å². The van der Waals surface area contributed by atoms with Crippen LogP contribution in [0.4, 0.5) is 0 Å². The van der Waals surface area contributed by atoms with Gasteiger partial charge in [-0.15, -0.1) is 6.58 Å². The summed E-state index contributed by atoms with van der Waals surface area (Å²) in [7, 11) is 0. The molecule has 20 heavy (non-hydrogen) atoms. The standard InChI is InChI=1S/C17H28O3/c1-4-8-15(2)13-6-5-9-17(19-11-12-20-17)16(13,3)10-7-14(15)18/h4,13-14,18H,1,5-12H2,2-3H3/t13-,14+,15-,16+/m0/s1. The fourth-order valence-corrected chi connectivity index (χ4v) is 5.35. The Balaban J connectivity index is 2.00. The molecule has 1 spiro atoms. The lowest BCUT2D eigenvalue weighted by Crippen LogP contribution is -2.63. The van der Waals surface area contributed by atoms with E-state index < -0.39 is 5.79 Å². The zero-order chi connectivity index (χ0) is 14.4. The molecular formula is C17H28O3. The summed E-state index contributed by atoms with van der Waals surface area (Å²) in [4.78, 5) is 0. The minimum atomic E-state index is -0.404. The van der Waals surface area contributed by atoms with Gasteiger partial charge in [-0.25, -0.2) is 0 Å². The van der Waals surface area contributed by atoms with E-state index in [2.05, 4.69) is 20.4 Å². The van der Waals surface area contributed by atoms with Gasteiger partial charge >= 0.3 is 0 Å². The Morgan fingerprint density at radius 1 is 1.20 bits per heavy atom. The molecular weight excluding hydrogens is 252 g/mol. The maximum Gasteiger partial charge on any atom is 0.174 e. The van der Waals surface area contributed by atoms with E-state index >= 15 is 0 Å². The van der Waals surface area contributed by atoms with Crippen molar-refractivity contribution in [2.75, 3.05) is 13.2 Å². The molecule has 3 aliphatic rings. The molecule has 3 rings (SSSR count). The third-order valence-corrected chi connectivity index (χ3v) is 6.47. The molecule has 0 aromatic rings.